The summed E-state index contributed by atoms with van der Waals surface area (Å²) in [5.74, 6) is -0.466. The summed E-state index contributed by atoms with van der Waals surface area (Å²) in [6.45, 7) is 1.97. The van der Waals surface area contributed by atoms with Gasteiger partial charge in [-0.15, -0.1) is 0 Å². The first-order valence-electron chi connectivity index (χ1n) is 6.09. The van der Waals surface area contributed by atoms with Gasteiger partial charge in [0.05, 0.1) is 18.2 Å². The second-order valence-corrected chi connectivity index (χ2v) is 6.45. The number of sulfonamides is 1. The van der Waals surface area contributed by atoms with E-state index in [1.54, 1.807) is 6.92 Å². The Balaban J connectivity index is 2.74. The molecule has 0 aliphatic heterocycles. The molecule has 1 amide bonds. The lowest BCUT2D eigenvalue weighted by Crippen LogP contribution is -2.38. The Labute approximate surface area is 128 Å². The molecule has 0 heterocycles. The number of hydrogen-bond donors (Lipinski definition) is 3. The number of methoxy groups -OCH3 is 1. The topological polar surface area (TPSA) is 111 Å². The number of nitrogens with two attached hydrogens (primary N) is 1. The van der Waals surface area contributed by atoms with Crippen molar-refractivity contribution in [1.82, 2.24) is 10.0 Å². The normalized spacial score (nSPS) is 11.4. The molecule has 9 heteroatoms. The van der Waals surface area contributed by atoms with Crippen LogP contribution in [0.4, 0.5) is 5.69 Å². The van der Waals surface area contributed by atoms with E-state index in [0.717, 1.165) is 0 Å². The molecule has 0 saturated carbocycles. The van der Waals surface area contributed by atoms with Gasteiger partial charge in [-0.1, -0.05) is 11.6 Å². The zero-order chi connectivity index (χ0) is 16.0. The van der Waals surface area contributed by atoms with Crippen LogP contribution in [0.2, 0.25) is 5.02 Å². The lowest BCUT2D eigenvalue weighted by Gasteiger charge is -2.10. The van der Waals surface area contributed by atoms with Gasteiger partial charge in [0.2, 0.25) is 15.9 Å². The Morgan fingerprint density at radius 3 is 2.71 bits per heavy atom. The van der Waals surface area contributed by atoms with Crippen molar-refractivity contribution in [2.75, 3.05) is 32.5 Å². The number of nitrogen functional groups attached to an aromatic ring is 1. The number of benzene rings is 1. The highest BCUT2D eigenvalue weighted by atomic mass is 35.5. The molecule has 118 valence electrons. The predicted octanol–water partition coefficient (Wildman–Crippen LogP) is 0.272. The smallest absolute Gasteiger partial charge is 0.242 e. The summed E-state index contributed by atoms with van der Waals surface area (Å²) in [7, 11) is -2.41. The standard InChI is InChI=1S/C12H18ClN3O4S/c1-8-5-9(13)11(6-10(8)14)21(18,19)16-7-12(17)15-3-4-20-2/h5-6,16H,3-4,7,14H2,1-2H3,(H,15,17). The average Bonchev–Trinajstić information content (AvgIpc) is 2.41. The fourth-order valence-electron chi connectivity index (χ4n) is 1.47. The number of carbonyl (C=O) groups excluding carboxylic acids is 1. The maximum absolute atomic E-state index is 12.1. The molecule has 7 nitrogen and oxygen atoms in total. The van der Waals surface area contributed by atoms with Gasteiger partial charge in [0, 0.05) is 19.3 Å². The number of ether oxygens (including phenoxy) is 1. The number of rotatable bonds is 7. The third-order valence-corrected chi connectivity index (χ3v) is 4.53. The molecule has 0 saturated heterocycles. The summed E-state index contributed by atoms with van der Waals surface area (Å²) >= 11 is 5.91. The highest BCUT2D eigenvalue weighted by Crippen LogP contribution is 2.26. The molecule has 0 radical (unpaired) electrons. The molecule has 21 heavy (non-hydrogen) atoms. The van der Waals surface area contributed by atoms with Crippen LogP contribution < -0.4 is 15.8 Å². The lowest BCUT2D eigenvalue weighted by molar-refractivity contribution is -0.120. The molecule has 0 aromatic heterocycles. The molecule has 0 spiro atoms. The van der Waals surface area contributed by atoms with Gasteiger partial charge in [0.15, 0.2) is 0 Å². The summed E-state index contributed by atoms with van der Waals surface area (Å²) in [6.07, 6.45) is 0. The molecular formula is C12H18ClN3O4S. The van der Waals surface area contributed by atoms with Crippen LogP contribution in [0, 0.1) is 6.92 Å². The van der Waals surface area contributed by atoms with E-state index in [-0.39, 0.29) is 9.92 Å². The predicted molar refractivity (Wildman–Crippen MR) is 80.7 cm³/mol. The van der Waals surface area contributed by atoms with Gasteiger partial charge in [-0.25, -0.2) is 13.1 Å². The van der Waals surface area contributed by atoms with Crippen LogP contribution in [-0.4, -0.2) is 41.1 Å². The first-order valence-corrected chi connectivity index (χ1v) is 7.95. The molecule has 4 N–H and O–H groups in total. The highest BCUT2D eigenvalue weighted by Gasteiger charge is 2.20. The fraction of sp³-hybridized carbons (Fsp3) is 0.417. The van der Waals surface area contributed by atoms with E-state index in [0.29, 0.717) is 24.4 Å². The van der Waals surface area contributed by atoms with Gasteiger partial charge < -0.3 is 15.8 Å². The molecule has 1 rings (SSSR count). The fourth-order valence-corrected chi connectivity index (χ4v) is 3.07. The van der Waals surface area contributed by atoms with Gasteiger partial charge in [-0.05, 0) is 24.6 Å². The van der Waals surface area contributed by atoms with Crippen molar-refractivity contribution in [2.45, 2.75) is 11.8 Å². The second-order valence-electron chi connectivity index (χ2n) is 4.31. The van der Waals surface area contributed by atoms with E-state index in [1.807, 2.05) is 0 Å². The van der Waals surface area contributed by atoms with Crippen molar-refractivity contribution < 1.29 is 17.9 Å². The van der Waals surface area contributed by atoms with Gasteiger partial charge >= 0.3 is 0 Å². The highest BCUT2D eigenvalue weighted by molar-refractivity contribution is 7.89. The number of carbonyl (C=O) groups is 1. The summed E-state index contributed by atoms with van der Waals surface area (Å²) < 4.78 is 31.1. The average molecular weight is 336 g/mol. The Morgan fingerprint density at radius 1 is 1.43 bits per heavy atom. The Bertz CT molecular complexity index is 619. The number of halogens is 1. The van der Waals surface area contributed by atoms with Crippen molar-refractivity contribution in [1.29, 1.82) is 0 Å². The van der Waals surface area contributed by atoms with Crippen molar-refractivity contribution >= 4 is 33.2 Å². The van der Waals surface area contributed by atoms with Crippen molar-refractivity contribution in [2.24, 2.45) is 0 Å². The zero-order valence-corrected chi connectivity index (χ0v) is 13.3. The number of amides is 1. The Hall–Kier alpha value is -1.35. The number of nitrogens with one attached hydrogen (secondary N) is 2. The van der Waals surface area contributed by atoms with E-state index in [4.69, 9.17) is 22.1 Å². The van der Waals surface area contributed by atoms with Crippen LogP contribution in [0.15, 0.2) is 17.0 Å². The molecule has 1 aromatic carbocycles. The van der Waals surface area contributed by atoms with Gasteiger partial charge in [-0.2, -0.15) is 0 Å². The summed E-state index contributed by atoms with van der Waals surface area (Å²) in [5, 5.41) is 2.54. The minimum Gasteiger partial charge on any atom is -0.398 e. The lowest BCUT2D eigenvalue weighted by atomic mass is 10.2. The van der Waals surface area contributed by atoms with Crippen LogP contribution in [0.5, 0.6) is 0 Å². The van der Waals surface area contributed by atoms with Crippen molar-refractivity contribution in [3.63, 3.8) is 0 Å². The van der Waals surface area contributed by atoms with Gasteiger partial charge in [0.25, 0.3) is 0 Å². The molecule has 1 aromatic rings. The van der Waals surface area contributed by atoms with E-state index >= 15 is 0 Å². The minimum absolute atomic E-state index is 0.0500. The summed E-state index contributed by atoms with van der Waals surface area (Å²) in [4.78, 5) is 11.3. The van der Waals surface area contributed by atoms with Crippen LogP contribution in [0.25, 0.3) is 0 Å². The molecule has 0 bridgehead atoms. The molecular weight excluding hydrogens is 318 g/mol. The number of hydrogen-bond acceptors (Lipinski definition) is 5. The third-order valence-electron chi connectivity index (χ3n) is 2.66. The SMILES string of the molecule is COCCNC(=O)CNS(=O)(=O)c1cc(N)c(C)cc1Cl. The van der Waals surface area contributed by atoms with E-state index in [2.05, 4.69) is 10.0 Å². The summed E-state index contributed by atoms with van der Waals surface area (Å²) in [5.41, 5.74) is 6.67. The summed E-state index contributed by atoms with van der Waals surface area (Å²) in [6, 6.07) is 2.73. The second kappa shape index (κ2) is 7.60. The van der Waals surface area contributed by atoms with E-state index in [1.165, 1.54) is 19.2 Å². The molecule has 0 aliphatic carbocycles. The molecule has 0 aliphatic rings. The maximum Gasteiger partial charge on any atom is 0.242 e. The molecule has 0 unspecified atom stereocenters. The monoisotopic (exact) mass is 335 g/mol. The van der Waals surface area contributed by atoms with Crippen LogP contribution in [-0.2, 0) is 19.6 Å². The van der Waals surface area contributed by atoms with E-state index in [9.17, 15) is 13.2 Å². The number of aryl methyl sites for hydroxylation is 1. The zero-order valence-electron chi connectivity index (χ0n) is 11.8. The molecule has 0 atom stereocenters. The van der Waals surface area contributed by atoms with Gasteiger partial charge in [0.1, 0.15) is 4.90 Å². The van der Waals surface area contributed by atoms with Crippen LogP contribution in [0.1, 0.15) is 5.56 Å². The van der Waals surface area contributed by atoms with Gasteiger partial charge in [-0.3, -0.25) is 4.79 Å². The molecule has 0 fully saturated rings. The Morgan fingerprint density at radius 2 is 2.10 bits per heavy atom. The Kier molecular flexibility index (Phi) is 6.41. The van der Waals surface area contributed by atoms with Crippen molar-refractivity contribution in [3.05, 3.63) is 22.7 Å². The largest absolute Gasteiger partial charge is 0.398 e. The van der Waals surface area contributed by atoms with Crippen LogP contribution >= 0.6 is 11.6 Å². The van der Waals surface area contributed by atoms with Crippen molar-refractivity contribution in [3.8, 4) is 0 Å². The third kappa shape index (κ3) is 5.16. The van der Waals surface area contributed by atoms with Crippen LogP contribution in [0.3, 0.4) is 0 Å². The number of anilines is 1. The van der Waals surface area contributed by atoms with E-state index < -0.39 is 22.5 Å². The quantitative estimate of drug-likeness (QED) is 0.489. The minimum atomic E-state index is -3.91. The first-order chi connectivity index (χ1) is 9.77. The maximum atomic E-state index is 12.1. The first kappa shape index (κ1) is 17.7.